The molecule has 5 heteroatoms. The van der Waals surface area contributed by atoms with Crippen molar-refractivity contribution in [2.75, 3.05) is 18.4 Å². The number of nitrogens with one attached hydrogen (secondary N) is 2. The van der Waals surface area contributed by atoms with Gasteiger partial charge in [-0.2, -0.15) is 0 Å². The number of amides is 2. The second kappa shape index (κ2) is 5.67. The lowest BCUT2D eigenvalue weighted by molar-refractivity contribution is -0.117. The fraction of sp³-hybridized carbons (Fsp3) is 0.286. The molecule has 1 heterocycles. The number of nitrogens with two attached hydrogens (primary N) is 1. The first-order valence-corrected chi connectivity index (χ1v) is 6.15. The zero-order chi connectivity index (χ0) is 13.8. The zero-order valence-electron chi connectivity index (χ0n) is 10.8. The second-order valence-electron chi connectivity index (χ2n) is 4.59. The molecule has 100 valence electrons. The van der Waals surface area contributed by atoms with Crippen molar-refractivity contribution >= 4 is 17.5 Å². The van der Waals surface area contributed by atoms with Gasteiger partial charge < -0.3 is 16.4 Å². The molecule has 0 unspecified atom stereocenters. The molecule has 19 heavy (non-hydrogen) atoms. The van der Waals surface area contributed by atoms with Gasteiger partial charge in [0.2, 0.25) is 5.91 Å². The van der Waals surface area contributed by atoms with Gasteiger partial charge in [0.05, 0.1) is 6.42 Å². The second-order valence-corrected chi connectivity index (χ2v) is 4.59. The van der Waals surface area contributed by atoms with Crippen LogP contribution in [0, 0.1) is 0 Å². The van der Waals surface area contributed by atoms with E-state index in [-0.39, 0.29) is 12.3 Å². The third kappa shape index (κ3) is 3.20. The van der Waals surface area contributed by atoms with E-state index in [1.807, 2.05) is 19.1 Å². The fourth-order valence-electron chi connectivity index (χ4n) is 1.88. The third-order valence-corrected chi connectivity index (χ3v) is 3.18. The zero-order valence-corrected chi connectivity index (χ0v) is 10.8. The quantitative estimate of drug-likeness (QED) is 0.691. The Labute approximate surface area is 111 Å². The van der Waals surface area contributed by atoms with Crippen molar-refractivity contribution in [2.24, 2.45) is 5.73 Å². The van der Waals surface area contributed by atoms with E-state index >= 15 is 0 Å². The smallest absolute Gasteiger partial charge is 0.251 e. The minimum Gasteiger partial charge on any atom is -0.369 e. The Balaban J connectivity index is 2.14. The van der Waals surface area contributed by atoms with Crippen molar-refractivity contribution in [2.45, 2.75) is 13.3 Å². The van der Waals surface area contributed by atoms with Crippen LogP contribution in [0.25, 0.3) is 0 Å². The monoisotopic (exact) mass is 259 g/mol. The van der Waals surface area contributed by atoms with Gasteiger partial charge in [-0.25, -0.2) is 0 Å². The van der Waals surface area contributed by atoms with Gasteiger partial charge in [0, 0.05) is 24.4 Å². The highest BCUT2D eigenvalue weighted by molar-refractivity contribution is 6.04. The van der Waals surface area contributed by atoms with Crippen LogP contribution >= 0.6 is 0 Å². The predicted octanol–water partition coefficient (Wildman–Crippen LogP) is 0.573. The van der Waals surface area contributed by atoms with Crippen LogP contribution < -0.4 is 16.4 Å². The highest BCUT2D eigenvalue weighted by atomic mass is 16.2. The van der Waals surface area contributed by atoms with Crippen LogP contribution in [-0.4, -0.2) is 24.9 Å². The number of primary amides is 1. The molecule has 1 aromatic rings. The summed E-state index contributed by atoms with van der Waals surface area (Å²) in [6.07, 6.45) is 0.119. The van der Waals surface area contributed by atoms with Crippen LogP contribution in [0.1, 0.15) is 12.5 Å². The molecule has 2 rings (SSSR count). The SMILES string of the molecule is CC(C(=O)Nc1ccccc1CC(N)=O)=C1CNC1. The molecule has 2 amide bonds. The summed E-state index contributed by atoms with van der Waals surface area (Å²) in [5, 5.41) is 5.93. The van der Waals surface area contributed by atoms with Crippen molar-refractivity contribution in [3.63, 3.8) is 0 Å². The van der Waals surface area contributed by atoms with Crippen molar-refractivity contribution in [3.8, 4) is 0 Å². The lowest BCUT2D eigenvalue weighted by Gasteiger charge is -2.21. The van der Waals surface area contributed by atoms with E-state index in [4.69, 9.17) is 5.73 Å². The topological polar surface area (TPSA) is 84.2 Å². The molecule has 1 aliphatic rings. The molecule has 4 N–H and O–H groups in total. The number of rotatable bonds is 4. The summed E-state index contributed by atoms with van der Waals surface area (Å²) in [5.74, 6) is -0.548. The van der Waals surface area contributed by atoms with Gasteiger partial charge in [0.25, 0.3) is 5.91 Å². The molecule has 0 saturated carbocycles. The van der Waals surface area contributed by atoms with Gasteiger partial charge in [0.15, 0.2) is 0 Å². The Morgan fingerprint density at radius 3 is 2.58 bits per heavy atom. The van der Waals surface area contributed by atoms with Crippen LogP contribution in [0.2, 0.25) is 0 Å². The van der Waals surface area contributed by atoms with Gasteiger partial charge in [-0.15, -0.1) is 0 Å². The Morgan fingerprint density at radius 1 is 1.32 bits per heavy atom. The Kier molecular flexibility index (Phi) is 3.97. The van der Waals surface area contributed by atoms with E-state index in [1.165, 1.54) is 0 Å². The summed E-state index contributed by atoms with van der Waals surface area (Å²) < 4.78 is 0. The minimum atomic E-state index is -0.417. The molecule has 5 nitrogen and oxygen atoms in total. The summed E-state index contributed by atoms with van der Waals surface area (Å²) in [6.45, 7) is 3.34. The Bertz CT molecular complexity index is 543. The van der Waals surface area contributed by atoms with Crippen LogP contribution in [0.3, 0.4) is 0 Å². The van der Waals surface area contributed by atoms with E-state index in [0.29, 0.717) is 5.69 Å². The predicted molar refractivity (Wildman–Crippen MR) is 73.5 cm³/mol. The maximum absolute atomic E-state index is 12.1. The summed E-state index contributed by atoms with van der Waals surface area (Å²) >= 11 is 0. The summed E-state index contributed by atoms with van der Waals surface area (Å²) in [5.41, 5.74) is 8.41. The molecule has 1 fully saturated rings. The first kappa shape index (κ1) is 13.3. The Hall–Kier alpha value is -2.14. The van der Waals surface area contributed by atoms with Crippen molar-refractivity contribution in [3.05, 3.63) is 41.0 Å². The van der Waals surface area contributed by atoms with Gasteiger partial charge in [-0.3, -0.25) is 9.59 Å². The molecule has 1 aliphatic heterocycles. The molecule has 0 aliphatic carbocycles. The van der Waals surface area contributed by atoms with Gasteiger partial charge in [-0.05, 0) is 24.1 Å². The fourth-order valence-corrected chi connectivity index (χ4v) is 1.88. The summed E-state index contributed by atoms with van der Waals surface area (Å²) in [7, 11) is 0. The maximum Gasteiger partial charge on any atom is 0.251 e. The van der Waals surface area contributed by atoms with E-state index in [1.54, 1.807) is 12.1 Å². The number of carbonyl (C=O) groups excluding carboxylic acids is 2. The lowest BCUT2D eigenvalue weighted by atomic mass is 10.0. The average molecular weight is 259 g/mol. The van der Waals surface area contributed by atoms with Crippen LogP contribution in [-0.2, 0) is 16.0 Å². The maximum atomic E-state index is 12.1. The molecule has 1 aromatic carbocycles. The van der Waals surface area contributed by atoms with E-state index in [9.17, 15) is 9.59 Å². The van der Waals surface area contributed by atoms with E-state index in [0.717, 1.165) is 29.8 Å². The standard InChI is InChI=1S/C14H17N3O2/c1-9(11-7-16-8-11)14(19)17-12-5-3-2-4-10(12)6-13(15)18/h2-5,16H,6-8H2,1H3,(H2,15,18)(H,17,19). The number of hydrogen-bond acceptors (Lipinski definition) is 3. The largest absolute Gasteiger partial charge is 0.369 e. The van der Waals surface area contributed by atoms with Crippen molar-refractivity contribution < 1.29 is 9.59 Å². The van der Waals surface area contributed by atoms with Crippen LogP contribution in [0.5, 0.6) is 0 Å². The molecule has 0 radical (unpaired) electrons. The van der Waals surface area contributed by atoms with Crippen LogP contribution in [0.4, 0.5) is 5.69 Å². The number of para-hydroxylation sites is 1. The first-order chi connectivity index (χ1) is 9.08. The van der Waals surface area contributed by atoms with Crippen LogP contribution in [0.15, 0.2) is 35.4 Å². The van der Waals surface area contributed by atoms with Crippen molar-refractivity contribution in [1.29, 1.82) is 0 Å². The highest BCUT2D eigenvalue weighted by Crippen LogP contribution is 2.18. The number of hydrogen-bond donors (Lipinski definition) is 3. The number of benzene rings is 1. The molecular weight excluding hydrogens is 242 g/mol. The number of anilines is 1. The van der Waals surface area contributed by atoms with E-state index in [2.05, 4.69) is 10.6 Å². The van der Waals surface area contributed by atoms with Crippen molar-refractivity contribution in [1.82, 2.24) is 5.32 Å². The molecule has 0 atom stereocenters. The third-order valence-electron chi connectivity index (χ3n) is 3.18. The summed E-state index contributed by atoms with van der Waals surface area (Å²) in [4.78, 5) is 23.1. The Morgan fingerprint density at radius 2 is 2.00 bits per heavy atom. The molecule has 0 bridgehead atoms. The normalized spacial score (nSPS) is 13.6. The molecule has 0 spiro atoms. The van der Waals surface area contributed by atoms with E-state index < -0.39 is 5.91 Å². The minimum absolute atomic E-state index is 0.119. The summed E-state index contributed by atoms with van der Waals surface area (Å²) in [6, 6.07) is 7.18. The average Bonchev–Trinajstić information content (AvgIpc) is 2.28. The first-order valence-electron chi connectivity index (χ1n) is 6.15. The number of carbonyl (C=O) groups is 2. The molecule has 0 aromatic heterocycles. The highest BCUT2D eigenvalue weighted by Gasteiger charge is 2.17. The van der Waals surface area contributed by atoms with Gasteiger partial charge in [-0.1, -0.05) is 18.2 Å². The van der Waals surface area contributed by atoms with Gasteiger partial charge in [0.1, 0.15) is 0 Å². The molecule has 1 saturated heterocycles. The molecular formula is C14H17N3O2. The van der Waals surface area contributed by atoms with Gasteiger partial charge >= 0.3 is 0 Å². The lowest BCUT2D eigenvalue weighted by Crippen LogP contribution is -2.36.